The number of rotatable bonds is 5. The van der Waals surface area contributed by atoms with Gasteiger partial charge in [0.2, 0.25) is 0 Å². The number of carboxylic acid groups (broad SMARTS) is 1. The summed E-state index contributed by atoms with van der Waals surface area (Å²) in [5.74, 6) is -1.31. The number of carbonyl (C=O) groups is 3. The second kappa shape index (κ2) is 9.97. The maximum atomic E-state index is 14.7. The van der Waals surface area contributed by atoms with Crippen molar-refractivity contribution in [1.29, 1.82) is 0 Å². The van der Waals surface area contributed by atoms with Crippen molar-refractivity contribution in [3.63, 3.8) is 0 Å². The van der Waals surface area contributed by atoms with Gasteiger partial charge < -0.3 is 20.4 Å². The summed E-state index contributed by atoms with van der Waals surface area (Å²) in [6, 6.07) is 0. The number of fused-ring (bicyclic) bond motifs is 2. The molecule has 3 saturated carbocycles. The Morgan fingerprint density at radius 2 is 1.83 bits per heavy atom. The van der Waals surface area contributed by atoms with E-state index >= 15 is 0 Å². The van der Waals surface area contributed by atoms with Crippen molar-refractivity contribution in [3.8, 4) is 0 Å². The summed E-state index contributed by atoms with van der Waals surface area (Å²) in [7, 11) is 0. The van der Waals surface area contributed by atoms with Crippen molar-refractivity contribution in [1.82, 2.24) is 0 Å². The fourth-order valence-electron chi connectivity index (χ4n) is 11.7. The molecule has 0 unspecified atom stereocenters. The zero-order valence-electron chi connectivity index (χ0n) is 25.6. The Morgan fingerprint density at radius 1 is 1.12 bits per heavy atom. The normalized spacial score (nSPS) is 46.3. The monoisotopic (exact) mass is 580 g/mol. The minimum Gasteiger partial charge on any atom is -0.478 e. The fraction of sp³-hybridized carbons (Fsp3) is 0.743. The number of allylic oxidation sites excluding steroid dienone is 2. The second-order valence-electron chi connectivity index (χ2n) is 15.2. The molecule has 0 amide bonds. The molecule has 6 rings (SSSR count). The SMILES string of the molecule is C/C(=C\[C@@H](O)C[C@@H](C)[C@H]1C[C@H](O)[C@]2(C)C3=C4C(=O)C[C@]12CCCCC[C@@]41CCC(=O)[C@@]2(C)CC=C[C@@H]([C@H]3O)[C@@H]12)C(=O)O. The molecule has 6 aliphatic rings. The third-order valence-electron chi connectivity index (χ3n) is 13.5. The Hall–Kier alpha value is -2.09. The topological polar surface area (TPSA) is 132 Å². The van der Waals surface area contributed by atoms with E-state index in [-0.39, 0.29) is 40.8 Å². The average molecular weight is 581 g/mol. The van der Waals surface area contributed by atoms with Gasteiger partial charge in [0.05, 0.1) is 18.3 Å². The lowest BCUT2D eigenvalue weighted by Crippen LogP contribution is -2.65. The van der Waals surface area contributed by atoms with Crippen molar-refractivity contribution in [3.05, 3.63) is 34.9 Å². The van der Waals surface area contributed by atoms with Crippen LogP contribution in [-0.2, 0) is 14.4 Å². The van der Waals surface area contributed by atoms with Crippen molar-refractivity contribution in [2.45, 2.75) is 117 Å². The van der Waals surface area contributed by atoms with E-state index < -0.39 is 45.9 Å². The van der Waals surface area contributed by atoms with Crippen LogP contribution < -0.4 is 0 Å². The molecule has 0 heterocycles. The highest BCUT2D eigenvalue weighted by molar-refractivity contribution is 6.01. The molecule has 0 radical (unpaired) electrons. The summed E-state index contributed by atoms with van der Waals surface area (Å²) in [6.07, 6.45) is 10.2. The third-order valence-corrected chi connectivity index (χ3v) is 13.5. The average Bonchev–Trinajstić information content (AvgIpc) is 3.15. The zero-order valence-corrected chi connectivity index (χ0v) is 25.6. The first-order valence-electron chi connectivity index (χ1n) is 16.2. The standard InChI is InChI=1S/C35H48O7/c1-19(15-21(36)16-20(2)31(41)42)23-17-26(39)33(4)28-27-24(37)18-35(23,33)13-7-5-6-12-34(27)14-10-25(38)32(3)11-8-9-22(29(28)40)30(32)34/h8-9,16,19,21-23,26,29-30,36,39-40H,5-7,10-15,17-18H2,1-4H3,(H,41,42)/b20-16+/t19-,21+,22+,23-,26+,29-,30-,32-,33-,34-,35-/m1/s1. The number of Topliss-reactive ketones (excluding diaryl/α,β-unsaturated/α-hetero) is 2. The van der Waals surface area contributed by atoms with E-state index in [9.17, 15) is 34.8 Å². The summed E-state index contributed by atoms with van der Waals surface area (Å²) in [4.78, 5) is 39.6. The Morgan fingerprint density at radius 3 is 2.55 bits per heavy atom. The van der Waals surface area contributed by atoms with Crippen LogP contribution in [0.5, 0.6) is 0 Å². The summed E-state index contributed by atoms with van der Waals surface area (Å²) in [6.45, 7) is 7.67. The third kappa shape index (κ3) is 3.78. The van der Waals surface area contributed by atoms with Gasteiger partial charge in [0, 0.05) is 46.2 Å². The highest BCUT2D eigenvalue weighted by atomic mass is 16.4. The van der Waals surface area contributed by atoms with Gasteiger partial charge in [-0.1, -0.05) is 52.2 Å². The van der Waals surface area contributed by atoms with Crippen molar-refractivity contribution in [2.24, 2.45) is 45.3 Å². The number of ketones is 2. The highest BCUT2D eigenvalue weighted by Crippen LogP contribution is 2.75. The van der Waals surface area contributed by atoms with Gasteiger partial charge in [0.25, 0.3) is 0 Å². The van der Waals surface area contributed by atoms with Crippen LogP contribution in [0, 0.1) is 45.3 Å². The van der Waals surface area contributed by atoms with E-state index in [1.54, 1.807) is 0 Å². The minimum absolute atomic E-state index is 0.0796. The Bertz CT molecular complexity index is 1290. The number of carboxylic acids is 1. The molecule has 0 saturated heterocycles. The maximum Gasteiger partial charge on any atom is 0.331 e. The van der Waals surface area contributed by atoms with Crippen LogP contribution in [0.25, 0.3) is 0 Å². The number of aliphatic hydroxyl groups is 3. The van der Waals surface area contributed by atoms with Gasteiger partial charge in [-0.25, -0.2) is 4.79 Å². The summed E-state index contributed by atoms with van der Waals surface area (Å²) in [5.41, 5.74) is -0.896. The first-order chi connectivity index (χ1) is 19.7. The predicted molar refractivity (Wildman–Crippen MR) is 157 cm³/mol. The van der Waals surface area contributed by atoms with Gasteiger partial charge >= 0.3 is 5.97 Å². The lowest BCUT2D eigenvalue weighted by Gasteiger charge is -2.66. The van der Waals surface area contributed by atoms with Crippen LogP contribution in [0.4, 0.5) is 0 Å². The van der Waals surface area contributed by atoms with Gasteiger partial charge in [0.15, 0.2) is 5.78 Å². The first-order valence-corrected chi connectivity index (χ1v) is 16.2. The van der Waals surface area contributed by atoms with Crippen LogP contribution in [0.15, 0.2) is 34.9 Å². The van der Waals surface area contributed by atoms with Crippen molar-refractivity contribution >= 4 is 17.5 Å². The van der Waals surface area contributed by atoms with Gasteiger partial charge in [-0.15, -0.1) is 0 Å². The molecule has 11 atom stereocenters. The second-order valence-corrected chi connectivity index (χ2v) is 15.2. The van der Waals surface area contributed by atoms with E-state index in [2.05, 4.69) is 32.9 Å². The molecule has 42 heavy (non-hydrogen) atoms. The molecule has 230 valence electrons. The lowest BCUT2D eigenvalue weighted by molar-refractivity contribution is -0.158. The molecule has 3 fully saturated rings. The van der Waals surface area contributed by atoms with E-state index in [0.717, 1.165) is 43.3 Å². The van der Waals surface area contributed by atoms with Crippen LogP contribution in [-0.4, -0.2) is 56.3 Å². The summed E-state index contributed by atoms with van der Waals surface area (Å²) < 4.78 is 0. The molecule has 6 aliphatic carbocycles. The highest BCUT2D eigenvalue weighted by Gasteiger charge is 2.73. The van der Waals surface area contributed by atoms with Gasteiger partial charge in [0.1, 0.15) is 5.78 Å². The molecular weight excluding hydrogens is 532 g/mol. The van der Waals surface area contributed by atoms with Crippen LogP contribution >= 0.6 is 0 Å². The van der Waals surface area contributed by atoms with E-state index in [1.165, 1.54) is 13.0 Å². The minimum atomic E-state index is -1.07. The number of carbonyl (C=O) groups excluding carboxylic acids is 2. The first kappa shape index (κ1) is 30.0. The number of hydrogen-bond acceptors (Lipinski definition) is 6. The summed E-state index contributed by atoms with van der Waals surface area (Å²) in [5, 5.41) is 44.6. The molecule has 0 aromatic rings. The molecule has 0 aromatic carbocycles. The number of hydrogen-bond donors (Lipinski definition) is 4. The van der Waals surface area contributed by atoms with E-state index in [1.807, 2.05) is 0 Å². The van der Waals surface area contributed by atoms with Crippen molar-refractivity contribution in [2.75, 3.05) is 0 Å². The predicted octanol–water partition coefficient (Wildman–Crippen LogP) is 4.93. The molecular formula is C35H48O7. The lowest BCUT2D eigenvalue weighted by atomic mass is 9.37. The van der Waals surface area contributed by atoms with E-state index in [0.29, 0.717) is 38.5 Å². The van der Waals surface area contributed by atoms with Crippen LogP contribution in [0.2, 0.25) is 0 Å². The maximum absolute atomic E-state index is 14.7. The summed E-state index contributed by atoms with van der Waals surface area (Å²) >= 11 is 0. The van der Waals surface area contributed by atoms with Crippen LogP contribution in [0.1, 0.15) is 98.3 Å². The smallest absolute Gasteiger partial charge is 0.331 e. The van der Waals surface area contributed by atoms with Gasteiger partial charge in [-0.3, -0.25) is 9.59 Å². The Balaban J connectivity index is 1.51. The van der Waals surface area contributed by atoms with Gasteiger partial charge in [-0.05, 0) is 80.3 Å². The quantitative estimate of drug-likeness (QED) is 0.268. The molecule has 2 bridgehead atoms. The van der Waals surface area contributed by atoms with Crippen molar-refractivity contribution < 1.29 is 34.8 Å². The molecule has 0 aromatic heterocycles. The van der Waals surface area contributed by atoms with Crippen LogP contribution in [0.3, 0.4) is 0 Å². The zero-order chi connectivity index (χ0) is 30.4. The number of aliphatic carboxylic acids is 1. The molecule has 0 aliphatic heterocycles. The Kier molecular flexibility index (Phi) is 7.11. The number of aliphatic hydroxyl groups excluding tert-OH is 3. The molecule has 7 nitrogen and oxygen atoms in total. The molecule has 2 spiro atoms. The fourth-order valence-corrected chi connectivity index (χ4v) is 11.7. The Labute approximate surface area is 249 Å². The van der Waals surface area contributed by atoms with E-state index in [4.69, 9.17) is 0 Å². The van der Waals surface area contributed by atoms with Gasteiger partial charge in [-0.2, -0.15) is 0 Å². The molecule has 4 N–H and O–H groups in total. The molecule has 7 heteroatoms. The largest absolute Gasteiger partial charge is 0.478 e.